The van der Waals surface area contributed by atoms with Gasteiger partial charge in [0, 0.05) is 16.6 Å². The van der Waals surface area contributed by atoms with Gasteiger partial charge in [0.15, 0.2) is 5.75 Å². The molecule has 84 valence electrons. The van der Waals surface area contributed by atoms with Crippen LogP contribution in [0, 0.1) is 0 Å². The van der Waals surface area contributed by atoms with Crippen LogP contribution >= 0.6 is 11.6 Å². The van der Waals surface area contributed by atoms with Gasteiger partial charge in [0.25, 0.3) is 0 Å². The van der Waals surface area contributed by atoms with Gasteiger partial charge in [-0.3, -0.25) is 4.98 Å². The molecule has 3 aromatic rings. The van der Waals surface area contributed by atoms with Gasteiger partial charge in [-0.15, -0.1) is 0 Å². The Morgan fingerprint density at radius 1 is 1.18 bits per heavy atom. The third-order valence-electron chi connectivity index (χ3n) is 2.65. The molecule has 0 fully saturated rings. The maximum Gasteiger partial charge on any atom is 0.150 e. The third-order valence-corrected chi connectivity index (χ3v) is 2.89. The summed E-state index contributed by atoms with van der Waals surface area (Å²) in [6.07, 6.45) is 1.69. The molecular weight excluding hydrogens is 236 g/mol. The van der Waals surface area contributed by atoms with E-state index in [-0.39, 0.29) is 5.75 Å². The molecule has 0 amide bonds. The number of halogens is 1. The van der Waals surface area contributed by atoms with Gasteiger partial charge < -0.3 is 10.1 Å². The number of hydrogen-bond acceptors (Lipinski definition) is 2. The SMILES string of the molecule is Oc1c(-c2ccccn2)[nH]c2cc(Cl)ccc12. The number of fused-ring (bicyclic) bond motifs is 1. The van der Waals surface area contributed by atoms with Gasteiger partial charge in [-0.25, -0.2) is 0 Å². The summed E-state index contributed by atoms with van der Waals surface area (Å²) in [5, 5.41) is 11.5. The molecule has 2 N–H and O–H groups in total. The monoisotopic (exact) mass is 244 g/mol. The van der Waals surface area contributed by atoms with Gasteiger partial charge in [-0.2, -0.15) is 0 Å². The van der Waals surface area contributed by atoms with Crippen LogP contribution in [0.4, 0.5) is 0 Å². The molecule has 1 aromatic carbocycles. The molecule has 0 saturated heterocycles. The molecule has 0 unspecified atom stereocenters. The van der Waals surface area contributed by atoms with E-state index in [1.807, 2.05) is 18.2 Å². The Kier molecular flexibility index (Phi) is 2.27. The van der Waals surface area contributed by atoms with E-state index in [4.69, 9.17) is 11.6 Å². The van der Waals surface area contributed by atoms with Crippen LogP contribution in [0.15, 0.2) is 42.6 Å². The van der Waals surface area contributed by atoms with Gasteiger partial charge in [-0.1, -0.05) is 17.7 Å². The number of aromatic amines is 1. The molecule has 4 heteroatoms. The van der Waals surface area contributed by atoms with Crippen LogP contribution in [0.3, 0.4) is 0 Å². The predicted molar refractivity (Wildman–Crippen MR) is 68.2 cm³/mol. The van der Waals surface area contributed by atoms with Crippen molar-refractivity contribution in [2.75, 3.05) is 0 Å². The highest BCUT2D eigenvalue weighted by atomic mass is 35.5. The van der Waals surface area contributed by atoms with Crippen LogP contribution in [-0.4, -0.2) is 15.1 Å². The van der Waals surface area contributed by atoms with Gasteiger partial charge in [-0.05, 0) is 30.3 Å². The lowest BCUT2D eigenvalue weighted by atomic mass is 10.2. The van der Waals surface area contributed by atoms with Crippen LogP contribution in [-0.2, 0) is 0 Å². The highest BCUT2D eigenvalue weighted by Gasteiger charge is 2.12. The smallest absolute Gasteiger partial charge is 0.150 e. The molecule has 3 nitrogen and oxygen atoms in total. The first-order valence-corrected chi connectivity index (χ1v) is 5.55. The van der Waals surface area contributed by atoms with Crippen LogP contribution < -0.4 is 0 Å². The molecule has 0 aliphatic rings. The summed E-state index contributed by atoms with van der Waals surface area (Å²) in [5.41, 5.74) is 2.12. The lowest BCUT2D eigenvalue weighted by Gasteiger charge is -1.96. The van der Waals surface area contributed by atoms with Crippen molar-refractivity contribution in [2.24, 2.45) is 0 Å². The quantitative estimate of drug-likeness (QED) is 0.687. The summed E-state index contributed by atoms with van der Waals surface area (Å²) in [7, 11) is 0. The number of aromatic nitrogens is 2. The molecule has 2 aromatic heterocycles. The van der Waals surface area contributed by atoms with Crippen LogP contribution in [0.2, 0.25) is 5.02 Å². The molecule has 17 heavy (non-hydrogen) atoms. The van der Waals surface area contributed by atoms with E-state index < -0.39 is 0 Å². The topological polar surface area (TPSA) is 48.9 Å². The second kappa shape index (κ2) is 3.79. The van der Waals surface area contributed by atoms with Gasteiger partial charge >= 0.3 is 0 Å². The second-order valence-corrected chi connectivity index (χ2v) is 4.19. The Balaban J connectivity index is 2.28. The molecule has 3 rings (SSSR count). The van der Waals surface area contributed by atoms with Crippen molar-refractivity contribution < 1.29 is 5.11 Å². The van der Waals surface area contributed by atoms with Crippen molar-refractivity contribution in [3.8, 4) is 17.1 Å². The van der Waals surface area contributed by atoms with Crippen molar-refractivity contribution in [3.05, 3.63) is 47.6 Å². The predicted octanol–water partition coefficient (Wildman–Crippen LogP) is 3.59. The van der Waals surface area contributed by atoms with Crippen molar-refractivity contribution in [1.29, 1.82) is 0 Å². The number of rotatable bonds is 1. The van der Waals surface area contributed by atoms with Gasteiger partial charge in [0.2, 0.25) is 0 Å². The van der Waals surface area contributed by atoms with Gasteiger partial charge in [0.05, 0.1) is 11.2 Å². The molecule has 0 spiro atoms. The molecule has 0 radical (unpaired) electrons. The maximum absolute atomic E-state index is 10.1. The van der Waals surface area contributed by atoms with E-state index in [0.717, 1.165) is 10.9 Å². The Labute approximate surface area is 103 Å². The van der Waals surface area contributed by atoms with Crippen molar-refractivity contribution >= 4 is 22.5 Å². The molecule has 2 heterocycles. The highest BCUT2D eigenvalue weighted by molar-refractivity contribution is 6.31. The molecular formula is C13H9ClN2O. The van der Waals surface area contributed by atoms with Crippen molar-refractivity contribution in [2.45, 2.75) is 0 Å². The largest absolute Gasteiger partial charge is 0.505 e. The number of pyridine rings is 1. The minimum Gasteiger partial charge on any atom is -0.505 e. The molecule has 0 aliphatic carbocycles. The first-order valence-electron chi connectivity index (χ1n) is 5.17. The number of H-pyrrole nitrogens is 1. The maximum atomic E-state index is 10.1. The summed E-state index contributed by atoms with van der Waals surface area (Å²) in [4.78, 5) is 7.33. The fourth-order valence-electron chi connectivity index (χ4n) is 1.85. The third kappa shape index (κ3) is 1.65. The summed E-state index contributed by atoms with van der Waals surface area (Å²) in [5.74, 6) is 0.204. The second-order valence-electron chi connectivity index (χ2n) is 3.75. The van der Waals surface area contributed by atoms with E-state index >= 15 is 0 Å². The number of hydrogen-bond donors (Lipinski definition) is 2. The van der Waals surface area contributed by atoms with E-state index in [1.54, 1.807) is 24.4 Å². The van der Waals surface area contributed by atoms with E-state index in [9.17, 15) is 5.11 Å². The lowest BCUT2D eigenvalue weighted by Crippen LogP contribution is -1.81. The average molecular weight is 245 g/mol. The lowest BCUT2D eigenvalue weighted by molar-refractivity contribution is 0.483. The zero-order valence-corrected chi connectivity index (χ0v) is 9.57. The van der Waals surface area contributed by atoms with E-state index in [2.05, 4.69) is 9.97 Å². The Morgan fingerprint density at radius 3 is 2.82 bits per heavy atom. The van der Waals surface area contributed by atoms with Crippen molar-refractivity contribution in [1.82, 2.24) is 9.97 Å². The average Bonchev–Trinajstić information content (AvgIpc) is 2.67. The van der Waals surface area contributed by atoms with E-state index in [0.29, 0.717) is 16.4 Å². The summed E-state index contributed by atoms with van der Waals surface area (Å²) >= 11 is 5.91. The Hall–Kier alpha value is -2.00. The number of benzene rings is 1. The van der Waals surface area contributed by atoms with Crippen molar-refractivity contribution in [3.63, 3.8) is 0 Å². The number of nitrogens with one attached hydrogen (secondary N) is 1. The Bertz CT molecular complexity index is 676. The minimum absolute atomic E-state index is 0.204. The first kappa shape index (κ1) is 10.2. The normalized spacial score (nSPS) is 10.9. The summed E-state index contributed by atoms with van der Waals surface area (Å²) in [6.45, 7) is 0. The molecule has 0 atom stereocenters. The first-order chi connectivity index (χ1) is 8.25. The zero-order chi connectivity index (χ0) is 11.8. The zero-order valence-electron chi connectivity index (χ0n) is 8.81. The fraction of sp³-hybridized carbons (Fsp3) is 0. The van der Waals surface area contributed by atoms with Crippen LogP contribution in [0.1, 0.15) is 0 Å². The number of nitrogens with zero attached hydrogens (tertiary/aromatic N) is 1. The molecule has 0 saturated carbocycles. The van der Waals surface area contributed by atoms with Gasteiger partial charge in [0.1, 0.15) is 5.69 Å². The molecule has 0 aliphatic heterocycles. The standard InChI is InChI=1S/C13H9ClN2O/c14-8-4-5-9-11(7-8)16-12(13(9)17)10-3-1-2-6-15-10/h1-7,16-17H. The van der Waals surface area contributed by atoms with E-state index in [1.165, 1.54) is 0 Å². The Morgan fingerprint density at radius 2 is 2.06 bits per heavy atom. The van der Waals surface area contributed by atoms with Crippen LogP contribution in [0.25, 0.3) is 22.3 Å². The highest BCUT2D eigenvalue weighted by Crippen LogP contribution is 2.35. The fourth-order valence-corrected chi connectivity index (χ4v) is 2.02. The summed E-state index contributed by atoms with van der Waals surface area (Å²) in [6, 6.07) is 10.9. The minimum atomic E-state index is 0.204. The van der Waals surface area contributed by atoms with Crippen LogP contribution in [0.5, 0.6) is 5.75 Å². The molecule has 0 bridgehead atoms. The number of aromatic hydroxyl groups is 1. The summed E-state index contributed by atoms with van der Waals surface area (Å²) < 4.78 is 0.